The second-order valence-electron chi connectivity index (χ2n) is 5.56. The lowest BCUT2D eigenvalue weighted by Gasteiger charge is -2.11. The van der Waals surface area contributed by atoms with Gasteiger partial charge in [0.2, 0.25) is 0 Å². The molecule has 5 nitrogen and oxygen atoms in total. The van der Waals surface area contributed by atoms with Gasteiger partial charge in [0, 0.05) is 22.7 Å². The maximum atomic E-state index is 12.1. The molecular formula is C14H18N4OS2. The topological polar surface area (TPSA) is 60.1 Å². The van der Waals surface area contributed by atoms with E-state index in [1.54, 1.807) is 6.20 Å². The fourth-order valence-electron chi connectivity index (χ4n) is 1.52. The van der Waals surface area contributed by atoms with Crippen molar-refractivity contribution in [3.8, 4) is 5.82 Å². The summed E-state index contributed by atoms with van der Waals surface area (Å²) in [6.45, 7) is 7.57. The predicted octanol–water partition coefficient (Wildman–Crippen LogP) is 2.83. The molecule has 0 saturated carbocycles. The summed E-state index contributed by atoms with van der Waals surface area (Å²) in [5.74, 6) is 0.580. The molecule has 21 heavy (non-hydrogen) atoms. The quantitative estimate of drug-likeness (QED) is 0.630. The molecule has 0 unspecified atom stereocenters. The molecule has 0 fully saturated rings. The molecule has 0 bridgehead atoms. The fraction of sp³-hybridized carbons (Fsp3) is 0.429. The van der Waals surface area contributed by atoms with E-state index in [2.05, 4.69) is 15.0 Å². The normalized spacial score (nSPS) is 12.7. The number of thiazole rings is 1. The van der Waals surface area contributed by atoms with Crippen LogP contribution < -0.4 is 4.80 Å². The minimum atomic E-state index is -0.494. The van der Waals surface area contributed by atoms with Crippen LogP contribution in [0.15, 0.2) is 28.6 Å². The molecule has 2 aromatic heterocycles. The van der Waals surface area contributed by atoms with Crippen molar-refractivity contribution in [1.82, 2.24) is 14.5 Å². The van der Waals surface area contributed by atoms with E-state index in [9.17, 15) is 4.79 Å². The van der Waals surface area contributed by atoms with E-state index < -0.39 is 5.41 Å². The van der Waals surface area contributed by atoms with Crippen LogP contribution in [0.2, 0.25) is 0 Å². The third kappa shape index (κ3) is 3.79. The van der Waals surface area contributed by atoms with E-state index in [0.29, 0.717) is 9.96 Å². The molecule has 0 spiro atoms. The number of hydrogen-bond donors (Lipinski definition) is 0. The van der Waals surface area contributed by atoms with Crippen molar-refractivity contribution < 1.29 is 4.79 Å². The van der Waals surface area contributed by atoms with Gasteiger partial charge in [0.1, 0.15) is 5.82 Å². The number of carbonyl (C=O) groups is 1. The van der Waals surface area contributed by atoms with Crippen molar-refractivity contribution >= 4 is 29.0 Å². The van der Waals surface area contributed by atoms with Gasteiger partial charge in [-0.3, -0.25) is 9.36 Å². The van der Waals surface area contributed by atoms with Gasteiger partial charge in [-0.2, -0.15) is 4.99 Å². The van der Waals surface area contributed by atoms with Crippen LogP contribution in [0.1, 0.15) is 25.6 Å². The Morgan fingerprint density at radius 2 is 2.14 bits per heavy atom. The van der Waals surface area contributed by atoms with Gasteiger partial charge in [0.05, 0.1) is 0 Å². The average Bonchev–Trinajstić information content (AvgIpc) is 2.78. The predicted molar refractivity (Wildman–Crippen MR) is 85.8 cm³/mol. The number of carbonyl (C=O) groups excluding carboxylic acids is 1. The minimum Gasteiger partial charge on any atom is -0.276 e. The highest BCUT2D eigenvalue weighted by atomic mass is 32.2. The standard InChI is InChI=1S/C14H18N4OS2/c1-9-8-18(10-6-7-15-12(16-10)20-5)13(21-9)17-11(19)14(2,3)4/h6-8H,1-5H3/b17-13-. The number of aryl methyl sites for hydroxylation is 1. The van der Waals surface area contributed by atoms with Crippen molar-refractivity contribution in [2.45, 2.75) is 32.9 Å². The lowest BCUT2D eigenvalue weighted by molar-refractivity contribution is -0.125. The third-order valence-electron chi connectivity index (χ3n) is 2.66. The molecule has 2 heterocycles. The zero-order valence-corrected chi connectivity index (χ0v) is 14.4. The van der Waals surface area contributed by atoms with Gasteiger partial charge in [-0.05, 0) is 19.2 Å². The van der Waals surface area contributed by atoms with Crippen LogP contribution in [0.3, 0.4) is 0 Å². The Kier molecular flexibility index (Phi) is 4.63. The van der Waals surface area contributed by atoms with E-state index >= 15 is 0 Å². The SMILES string of the molecule is CSc1nccc(-n2cc(C)s/c2=N\C(=O)C(C)(C)C)n1. The van der Waals surface area contributed by atoms with Crippen LogP contribution in [0.5, 0.6) is 0 Å². The second kappa shape index (κ2) is 6.11. The Bertz CT molecular complexity index is 725. The summed E-state index contributed by atoms with van der Waals surface area (Å²) in [5.41, 5.74) is -0.494. The molecule has 7 heteroatoms. The van der Waals surface area contributed by atoms with E-state index in [4.69, 9.17) is 0 Å². The smallest absolute Gasteiger partial charge is 0.253 e. The maximum Gasteiger partial charge on any atom is 0.253 e. The first-order chi connectivity index (χ1) is 9.81. The average molecular weight is 322 g/mol. The first-order valence-corrected chi connectivity index (χ1v) is 8.51. The second-order valence-corrected chi connectivity index (χ2v) is 7.55. The monoisotopic (exact) mass is 322 g/mol. The van der Waals surface area contributed by atoms with Crippen molar-refractivity contribution in [2.75, 3.05) is 6.26 Å². The number of rotatable bonds is 2. The highest BCUT2D eigenvalue weighted by molar-refractivity contribution is 7.98. The van der Waals surface area contributed by atoms with Crippen molar-refractivity contribution in [2.24, 2.45) is 10.4 Å². The molecule has 0 aliphatic rings. The Hall–Kier alpha value is -1.47. The Labute approximate surface area is 132 Å². The van der Waals surface area contributed by atoms with Crippen LogP contribution in [0, 0.1) is 12.3 Å². The number of amides is 1. The Balaban J connectivity index is 2.56. The summed E-state index contributed by atoms with van der Waals surface area (Å²) in [4.78, 5) is 26.7. The first-order valence-electron chi connectivity index (χ1n) is 6.47. The van der Waals surface area contributed by atoms with Crippen molar-refractivity contribution in [3.05, 3.63) is 28.1 Å². The molecule has 2 rings (SSSR count). The molecule has 2 aromatic rings. The van der Waals surface area contributed by atoms with Gasteiger partial charge in [0.15, 0.2) is 9.96 Å². The molecular weight excluding hydrogens is 304 g/mol. The minimum absolute atomic E-state index is 0.141. The van der Waals surface area contributed by atoms with E-state index in [0.717, 1.165) is 10.7 Å². The number of aromatic nitrogens is 3. The van der Waals surface area contributed by atoms with Gasteiger partial charge in [-0.15, -0.1) is 11.3 Å². The molecule has 0 aliphatic heterocycles. The highest BCUT2D eigenvalue weighted by Gasteiger charge is 2.21. The molecule has 1 amide bonds. The maximum absolute atomic E-state index is 12.1. The molecule has 0 atom stereocenters. The fourth-order valence-corrected chi connectivity index (χ4v) is 2.69. The van der Waals surface area contributed by atoms with Crippen LogP contribution in [0.4, 0.5) is 0 Å². The molecule has 112 valence electrons. The van der Waals surface area contributed by atoms with Crippen LogP contribution >= 0.6 is 23.1 Å². The van der Waals surface area contributed by atoms with Crippen LogP contribution in [-0.2, 0) is 4.79 Å². The molecule has 0 aromatic carbocycles. The number of nitrogens with zero attached hydrogens (tertiary/aromatic N) is 4. The summed E-state index contributed by atoms with van der Waals surface area (Å²) in [6.07, 6.45) is 5.58. The van der Waals surface area contributed by atoms with E-state index in [-0.39, 0.29) is 5.91 Å². The molecule has 0 N–H and O–H groups in total. The van der Waals surface area contributed by atoms with Crippen molar-refractivity contribution in [3.63, 3.8) is 0 Å². The van der Waals surface area contributed by atoms with Gasteiger partial charge in [0.25, 0.3) is 5.91 Å². The Morgan fingerprint density at radius 3 is 2.76 bits per heavy atom. The first kappa shape index (κ1) is 15.9. The lowest BCUT2D eigenvalue weighted by Crippen LogP contribution is -2.23. The summed E-state index contributed by atoms with van der Waals surface area (Å²) < 4.78 is 1.84. The van der Waals surface area contributed by atoms with E-state index in [1.165, 1.54) is 23.1 Å². The summed E-state index contributed by atoms with van der Waals surface area (Å²) in [7, 11) is 0. The zero-order chi connectivity index (χ0) is 15.6. The molecule has 0 aliphatic carbocycles. The highest BCUT2D eigenvalue weighted by Crippen LogP contribution is 2.16. The number of hydrogen-bond acceptors (Lipinski definition) is 5. The van der Waals surface area contributed by atoms with Crippen LogP contribution in [0.25, 0.3) is 5.82 Å². The largest absolute Gasteiger partial charge is 0.276 e. The summed E-state index contributed by atoms with van der Waals surface area (Å²) in [5, 5.41) is 0.692. The van der Waals surface area contributed by atoms with E-state index in [1.807, 2.05) is 50.8 Å². The summed E-state index contributed by atoms with van der Waals surface area (Å²) in [6, 6.07) is 1.81. The van der Waals surface area contributed by atoms with Crippen LogP contribution in [-0.4, -0.2) is 26.7 Å². The van der Waals surface area contributed by atoms with Crippen molar-refractivity contribution in [1.29, 1.82) is 0 Å². The van der Waals surface area contributed by atoms with Gasteiger partial charge < -0.3 is 0 Å². The van der Waals surface area contributed by atoms with Gasteiger partial charge in [-0.25, -0.2) is 9.97 Å². The molecule has 0 saturated heterocycles. The summed E-state index contributed by atoms with van der Waals surface area (Å²) >= 11 is 2.95. The van der Waals surface area contributed by atoms with Gasteiger partial charge >= 0.3 is 0 Å². The molecule has 0 radical (unpaired) electrons. The Morgan fingerprint density at radius 1 is 1.43 bits per heavy atom. The lowest BCUT2D eigenvalue weighted by atomic mass is 9.96. The number of thioether (sulfide) groups is 1. The zero-order valence-electron chi connectivity index (χ0n) is 12.7. The van der Waals surface area contributed by atoms with Gasteiger partial charge in [-0.1, -0.05) is 32.5 Å². The third-order valence-corrected chi connectivity index (χ3v) is 4.12.